The third-order valence-electron chi connectivity index (χ3n) is 3.99. The van der Waals surface area contributed by atoms with Crippen molar-refractivity contribution in [1.29, 1.82) is 0 Å². The molecular weight excluding hydrogens is 264 g/mol. The smallest absolute Gasteiger partial charge is 0.123 e. The summed E-state index contributed by atoms with van der Waals surface area (Å²) in [6.07, 6.45) is 1.25. The molecule has 1 aromatic carbocycles. The summed E-state index contributed by atoms with van der Waals surface area (Å²) in [4.78, 5) is 4.83. The Balaban J connectivity index is 1.74. The van der Waals surface area contributed by atoms with Gasteiger partial charge in [-0.25, -0.2) is 0 Å². The summed E-state index contributed by atoms with van der Waals surface area (Å²) in [5.41, 5.74) is 0. The SMILES string of the molecule is CCC(C)Oc1cccc(OCCN2CCN(C)CC2)c1. The number of benzene rings is 1. The maximum absolute atomic E-state index is 5.86. The van der Waals surface area contributed by atoms with Gasteiger partial charge >= 0.3 is 0 Å². The Morgan fingerprint density at radius 3 is 2.57 bits per heavy atom. The van der Waals surface area contributed by atoms with E-state index in [0.717, 1.165) is 57.3 Å². The molecule has 21 heavy (non-hydrogen) atoms. The standard InChI is InChI=1S/C17H28N2O2/c1-4-15(2)21-17-7-5-6-16(14-17)20-13-12-19-10-8-18(3)9-11-19/h5-7,14-15H,4,8-13H2,1-3H3. The molecular formula is C17H28N2O2. The van der Waals surface area contributed by atoms with E-state index in [2.05, 4.69) is 30.7 Å². The van der Waals surface area contributed by atoms with Gasteiger partial charge in [0.25, 0.3) is 0 Å². The van der Waals surface area contributed by atoms with Crippen LogP contribution in [0.1, 0.15) is 20.3 Å². The number of hydrogen-bond donors (Lipinski definition) is 0. The minimum atomic E-state index is 0.241. The first kappa shape index (κ1) is 16.1. The van der Waals surface area contributed by atoms with Crippen molar-refractivity contribution in [3.8, 4) is 11.5 Å². The Bertz CT molecular complexity index is 417. The van der Waals surface area contributed by atoms with E-state index in [9.17, 15) is 0 Å². The quantitative estimate of drug-likeness (QED) is 0.771. The van der Waals surface area contributed by atoms with Crippen molar-refractivity contribution in [2.45, 2.75) is 26.4 Å². The lowest BCUT2D eigenvalue weighted by atomic mass is 10.3. The summed E-state index contributed by atoms with van der Waals surface area (Å²) < 4.78 is 11.7. The Morgan fingerprint density at radius 2 is 1.86 bits per heavy atom. The summed E-state index contributed by atoms with van der Waals surface area (Å²) in [5, 5.41) is 0. The topological polar surface area (TPSA) is 24.9 Å². The first-order valence-corrected chi connectivity index (χ1v) is 7.98. The molecule has 1 fully saturated rings. The molecule has 0 aromatic heterocycles. The van der Waals surface area contributed by atoms with Gasteiger partial charge in [0.15, 0.2) is 0 Å². The van der Waals surface area contributed by atoms with Crippen LogP contribution in [0.25, 0.3) is 0 Å². The number of nitrogens with zero attached hydrogens (tertiary/aromatic N) is 2. The van der Waals surface area contributed by atoms with Crippen LogP contribution in [0.15, 0.2) is 24.3 Å². The third kappa shape index (κ3) is 5.56. The predicted octanol–water partition coefficient (Wildman–Crippen LogP) is 2.49. The van der Waals surface area contributed by atoms with Crippen LogP contribution < -0.4 is 9.47 Å². The van der Waals surface area contributed by atoms with Crippen molar-refractivity contribution >= 4 is 0 Å². The molecule has 0 aliphatic carbocycles. The summed E-state index contributed by atoms with van der Waals surface area (Å²) in [6, 6.07) is 7.95. The molecule has 4 nitrogen and oxygen atoms in total. The molecule has 0 spiro atoms. The van der Waals surface area contributed by atoms with Crippen LogP contribution in [0.3, 0.4) is 0 Å². The van der Waals surface area contributed by atoms with Crippen LogP contribution >= 0.6 is 0 Å². The molecule has 0 bridgehead atoms. The lowest BCUT2D eigenvalue weighted by Crippen LogP contribution is -2.45. The molecule has 0 saturated carbocycles. The summed E-state index contributed by atoms with van der Waals surface area (Å²) in [5.74, 6) is 1.78. The molecule has 2 rings (SSSR count). The molecule has 1 aromatic rings. The van der Waals surface area contributed by atoms with E-state index in [1.54, 1.807) is 0 Å². The molecule has 0 amide bonds. The molecule has 1 atom stereocenters. The van der Waals surface area contributed by atoms with Gasteiger partial charge in [0.05, 0.1) is 6.10 Å². The molecule has 1 saturated heterocycles. The highest BCUT2D eigenvalue weighted by Gasteiger charge is 2.13. The fraction of sp³-hybridized carbons (Fsp3) is 0.647. The molecule has 1 aliphatic heterocycles. The molecule has 1 heterocycles. The zero-order valence-corrected chi connectivity index (χ0v) is 13.5. The number of likely N-dealkylation sites (N-methyl/N-ethyl adjacent to an activating group) is 1. The first-order chi connectivity index (χ1) is 10.2. The van der Waals surface area contributed by atoms with E-state index in [0.29, 0.717) is 0 Å². The van der Waals surface area contributed by atoms with E-state index >= 15 is 0 Å². The maximum atomic E-state index is 5.86. The van der Waals surface area contributed by atoms with E-state index in [4.69, 9.17) is 9.47 Å². The zero-order valence-electron chi connectivity index (χ0n) is 13.5. The summed E-state index contributed by atoms with van der Waals surface area (Å²) in [7, 11) is 2.18. The van der Waals surface area contributed by atoms with Crippen LogP contribution in [-0.2, 0) is 0 Å². The number of piperazine rings is 1. The predicted molar refractivity (Wildman–Crippen MR) is 86.3 cm³/mol. The molecule has 1 aliphatic rings. The van der Waals surface area contributed by atoms with Crippen LogP contribution in [0, 0.1) is 0 Å². The monoisotopic (exact) mass is 292 g/mol. The highest BCUT2D eigenvalue weighted by atomic mass is 16.5. The molecule has 0 N–H and O–H groups in total. The van der Waals surface area contributed by atoms with Gasteiger partial charge in [0.2, 0.25) is 0 Å². The van der Waals surface area contributed by atoms with Crippen molar-refractivity contribution in [1.82, 2.24) is 9.80 Å². The van der Waals surface area contributed by atoms with E-state index in [1.807, 2.05) is 24.3 Å². The van der Waals surface area contributed by atoms with E-state index in [-0.39, 0.29) is 6.10 Å². The fourth-order valence-corrected chi connectivity index (χ4v) is 2.32. The molecule has 118 valence electrons. The minimum absolute atomic E-state index is 0.241. The normalized spacial score (nSPS) is 18.4. The van der Waals surface area contributed by atoms with Crippen LogP contribution in [0.5, 0.6) is 11.5 Å². The van der Waals surface area contributed by atoms with Crippen molar-refractivity contribution in [3.05, 3.63) is 24.3 Å². The van der Waals surface area contributed by atoms with Gasteiger partial charge in [-0.05, 0) is 32.5 Å². The Hall–Kier alpha value is -1.26. The third-order valence-corrected chi connectivity index (χ3v) is 3.99. The largest absolute Gasteiger partial charge is 0.492 e. The molecule has 4 heteroatoms. The van der Waals surface area contributed by atoms with Crippen molar-refractivity contribution in [2.75, 3.05) is 46.4 Å². The van der Waals surface area contributed by atoms with Gasteiger partial charge in [-0.2, -0.15) is 0 Å². The second-order valence-electron chi connectivity index (χ2n) is 5.80. The number of hydrogen-bond acceptors (Lipinski definition) is 4. The molecule has 0 radical (unpaired) electrons. The van der Waals surface area contributed by atoms with Gasteiger partial charge in [-0.1, -0.05) is 13.0 Å². The van der Waals surface area contributed by atoms with Crippen LogP contribution in [0.2, 0.25) is 0 Å². The second-order valence-corrected chi connectivity index (χ2v) is 5.80. The average molecular weight is 292 g/mol. The zero-order chi connectivity index (χ0) is 15.1. The minimum Gasteiger partial charge on any atom is -0.492 e. The van der Waals surface area contributed by atoms with Crippen molar-refractivity contribution in [3.63, 3.8) is 0 Å². The number of ether oxygens (including phenoxy) is 2. The van der Waals surface area contributed by atoms with Crippen LogP contribution in [0.4, 0.5) is 0 Å². The van der Waals surface area contributed by atoms with Gasteiger partial charge in [0.1, 0.15) is 18.1 Å². The molecule has 1 unspecified atom stereocenters. The first-order valence-electron chi connectivity index (χ1n) is 7.98. The van der Waals surface area contributed by atoms with Gasteiger partial charge in [0, 0.05) is 38.8 Å². The summed E-state index contributed by atoms with van der Waals surface area (Å²) in [6.45, 7) is 10.5. The highest BCUT2D eigenvalue weighted by Crippen LogP contribution is 2.21. The summed E-state index contributed by atoms with van der Waals surface area (Å²) >= 11 is 0. The van der Waals surface area contributed by atoms with E-state index in [1.165, 1.54) is 0 Å². The van der Waals surface area contributed by atoms with Gasteiger partial charge in [-0.3, -0.25) is 4.90 Å². The van der Waals surface area contributed by atoms with Crippen molar-refractivity contribution in [2.24, 2.45) is 0 Å². The Labute approximate surface area is 128 Å². The fourth-order valence-electron chi connectivity index (χ4n) is 2.32. The number of rotatable bonds is 7. The lowest BCUT2D eigenvalue weighted by molar-refractivity contribution is 0.133. The lowest BCUT2D eigenvalue weighted by Gasteiger charge is -2.32. The Morgan fingerprint density at radius 1 is 1.14 bits per heavy atom. The maximum Gasteiger partial charge on any atom is 0.123 e. The van der Waals surface area contributed by atoms with Crippen LogP contribution in [-0.4, -0.2) is 62.3 Å². The van der Waals surface area contributed by atoms with Crippen molar-refractivity contribution < 1.29 is 9.47 Å². The highest BCUT2D eigenvalue weighted by molar-refractivity contribution is 5.33. The Kier molecular flexibility index (Phi) is 6.33. The van der Waals surface area contributed by atoms with Gasteiger partial charge in [-0.15, -0.1) is 0 Å². The second kappa shape index (κ2) is 8.25. The van der Waals surface area contributed by atoms with E-state index < -0.39 is 0 Å². The average Bonchev–Trinajstić information content (AvgIpc) is 2.49. The van der Waals surface area contributed by atoms with Gasteiger partial charge < -0.3 is 14.4 Å².